The van der Waals surface area contributed by atoms with Crippen LogP contribution in [0.2, 0.25) is 0 Å². The third-order valence-electron chi connectivity index (χ3n) is 9.62. The fourth-order valence-electron chi connectivity index (χ4n) is 6.85. The molecule has 7 heteroatoms. The summed E-state index contributed by atoms with van der Waals surface area (Å²) in [5.41, 5.74) is 4.00. The Kier molecular flexibility index (Phi) is 12.5. The molecule has 5 atom stereocenters. The zero-order valence-electron chi connectivity index (χ0n) is 30.3. The maximum atomic E-state index is 13.9. The predicted octanol–water partition coefficient (Wildman–Crippen LogP) is 8.97. The lowest BCUT2D eigenvalue weighted by molar-refractivity contribution is -0.125. The number of amides is 2. The van der Waals surface area contributed by atoms with Crippen LogP contribution in [0.15, 0.2) is 121 Å². The predicted molar refractivity (Wildman–Crippen MR) is 206 cm³/mol. The Morgan fingerprint density at radius 2 is 1.28 bits per heavy atom. The van der Waals surface area contributed by atoms with Gasteiger partial charge in [0.05, 0.1) is 16.8 Å². The van der Waals surface area contributed by atoms with Crippen LogP contribution in [0.3, 0.4) is 0 Å². The van der Waals surface area contributed by atoms with E-state index in [0.717, 1.165) is 18.4 Å². The van der Waals surface area contributed by atoms with E-state index in [-0.39, 0.29) is 35.3 Å². The second-order valence-electron chi connectivity index (χ2n) is 14.5. The maximum Gasteiger partial charge on any atom is 0.410 e. The Balaban J connectivity index is 1.45. The van der Waals surface area contributed by atoms with E-state index in [1.54, 1.807) is 0 Å². The van der Waals surface area contributed by atoms with Crippen molar-refractivity contribution >= 4 is 23.8 Å². The van der Waals surface area contributed by atoms with Crippen molar-refractivity contribution in [3.63, 3.8) is 0 Å². The smallest absolute Gasteiger partial charge is 0.410 e. The summed E-state index contributed by atoms with van der Waals surface area (Å²) in [6.45, 7) is 13.0. The molecule has 1 saturated heterocycles. The molecular formula is C43H53N3O3S. The summed E-state index contributed by atoms with van der Waals surface area (Å²) >= 11 is 1.90. The second kappa shape index (κ2) is 16.8. The highest BCUT2D eigenvalue weighted by Crippen LogP contribution is 2.52. The number of nitrogens with zero attached hydrogens (tertiary/aromatic N) is 1. The Morgan fingerprint density at radius 3 is 1.74 bits per heavy atom. The van der Waals surface area contributed by atoms with Crippen molar-refractivity contribution < 1.29 is 14.3 Å². The van der Waals surface area contributed by atoms with Crippen LogP contribution in [0.25, 0.3) is 0 Å². The normalized spacial score (nSPS) is 18.2. The number of carbonyl (C=O) groups excluding carboxylic acids is 2. The molecule has 1 aliphatic rings. The van der Waals surface area contributed by atoms with Gasteiger partial charge in [-0.2, -0.15) is 0 Å². The molecule has 2 amide bonds. The Labute approximate surface area is 303 Å². The molecule has 264 valence electrons. The molecule has 1 fully saturated rings. The molecule has 1 heterocycles. The van der Waals surface area contributed by atoms with Gasteiger partial charge in [-0.1, -0.05) is 142 Å². The number of hydrogen-bond acceptors (Lipinski definition) is 5. The summed E-state index contributed by atoms with van der Waals surface area (Å²) < 4.78 is 5.47. The fraction of sp³-hybridized carbons (Fsp3) is 0.395. The van der Waals surface area contributed by atoms with Gasteiger partial charge in [-0.25, -0.2) is 4.79 Å². The van der Waals surface area contributed by atoms with Gasteiger partial charge in [0.1, 0.15) is 5.60 Å². The number of thioether (sulfide) groups is 1. The molecule has 4 unspecified atom stereocenters. The Morgan fingerprint density at radius 1 is 0.800 bits per heavy atom. The van der Waals surface area contributed by atoms with Gasteiger partial charge in [0.25, 0.3) is 0 Å². The first-order chi connectivity index (χ1) is 24.0. The molecule has 0 aliphatic carbocycles. The summed E-state index contributed by atoms with van der Waals surface area (Å²) in [5, 5.41) is 6.95. The average molecular weight is 692 g/mol. The highest BCUT2D eigenvalue weighted by atomic mass is 32.2. The third-order valence-corrected chi connectivity index (χ3v) is 11.4. The number of likely N-dealkylation sites (tertiary alicyclic amines) is 1. The van der Waals surface area contributed by atoms with Crippen LogP contribution in [0.4, 0.5) is 4.79 Å². The minimum atomic E-state index is -0.630. The van der Waals surface area contributed by atoms with E-state index >= 15 is 0 Å². The van der Waals surface area contributed by atoms with Crippen molar-refractivity contribution in [1.82, 2.24) is 15.5 Å². The quantitative estimate of drug-likeness (QED) is 0.137. The first kappa shape index (κ1) is 37.2. The standard InChI is InChI=1S/C43H53N3O3S/c1-7-31(2)39(40(47)45-32(3)33-20-12-8-13-21-33)44-29-37-28-38(30-46(37)41(48)49-42(4,5)6)50-43(34-22-14-9-15-23-34,35-24-16-10-17-25-35)36-26-18-11-19-27-36/h8-27,31-32,37-39,44H,7,28-30H2,1-6H3,(H,45,47)/t31?,32?,37?,38?,39-/m0/s1. The van der Waals surface area contributed by atoms with Crippen molar-refractivity contribution in [1.29, 1.82) is 0 Å². The lowest BCUT2D eigenvalue weighted by Crippen LogP contribution is -2.52. The van der Waals surface area contributed by atoms with Gasteiger partial charge in [0, 0.05) is 24.4 Å². The van der Waals surface area contributed by atoms with Crippen molar-refractivity contribution in [2.75, 3.05) is 13.1 Å². The first-order valence-corrected chi connectivity index (χ1v) is 18.8. The molecule has 0 radical (unpaired) electrons. The maximum absolute atomic E-state index is 13.9. The van der Waals surface area contributed by atoms with Crippen LogP contribution in [-0.4, -0.2) is 52.9 Å². The van der Waals surface area contributed by atoms with Crippen LogP contribution in [0, 0.1) is 5.92 Å². The molecule has 1 aliphatic heterocycles. The molecule has 0 bridgehead atoms. The van der Waals surface area contributed by atoms with Gasteiger partial charge in [-0.15, -0.1) is 11.8 Å². The molecule has 2 N–H and O–H groups in total. The molecule has 0 saturated carbocycles. The zero-order chi connectivity index (χ0) is 35.7. The SMILES string of the molecule is CCC(C)[C@H](NCC1CC(SC(c2ccccc2)(c2ccccc2)c2ccccc2)CN1C(=O)OC(C)(C)C)C(=O)NC(C)c1ccccc1. The van der Waals surface area contributed by atoms with E-state index in [2.05, 4.69) is 115 Å². The number of carbonyl (C=O) groups is 2. The number of benzene rings is 4. The molecule has 50 heavy (non-hydrogen) atoms. The number of nitrogens with one attached hydrogen (secondary N) is 2. The number of hydrogen-bond donors (Lipinski definition) is 2. The summed E-state index contributed by atoms with van der Waals surface area (Å²) in [6.07, 6.45) is 1.28. The minimum absolute atomic E-state index is 0.0281. The van der Waals surface area contributed by atoms with E-state index < -0.39 is 16.4 Å². The second-order valence-corrected chi connectivity index (χ2v) is 16.0. The lowest BCUT2D eigenvalue weighted by atomic mass is 9.84. The molecule has 0 spiro atoms. The highest BCUT2D eigenvalue weighted by Gasteiger charge is 2.45. The summed E-state index contributed by atoms with van der Waals surface area (Å²) in [6, 6.07) is 41.4. The van der Waals surface area contributed by atoms with Crippen LogP contribution >= 0.6 is 11.8 Å². The summed E-state index contributed by atoms with van der Waals surface area (Å²) in [7, 11) is 0. The molecule has 5 rings (SSSR count). The highest BCUT2D eigenvalue weighted by molar-refractivity contribution is 8.01. The van der Waals surface area contributed by atoms with Crippen LogP contribution in [-0.2, 0) is 14.3 Å². The van der Waals surface area contributed by atoms with Gasteiger partial charge in [-0.05, 0) is 62.3 Å². The van der Waals surface area contributed by atoms with Gasteiger partial charge in [0.2, 0.25) is 5.91 Å². The van der Waals surface area contributed by atoms with Crippen molar-refractivity contribution in [2.24, 2.45) is 5.92 Å². The van der Waals surface area contributed by atoms with Crippen LogP contribution in [0.5, 0.6) is 0 Å². The Hall–Kier alpha value is -4.07. The van der Waals surface area contributed by atoms with E-state index in [1.165, 1.54) is 16.7 Å². The first-order valence-electron chi connectivity index (χ1n) is 17.9. The average Bonchev–Trinajstić information content (AvgIpc) is 3.54. The minimum Gasteiger partial charge on any atom is -0.444 e. The zero-order valence-corrected chi connectivity index (χ0v) is 31.2. The fourth-order valence-corrected chi connectivity index (χ4v) is 8.72. The van der Waals surface area contributed by atoms with Gasteiger partial charge in [-0.3, -0.25) is 4.79 Å². The molecule has 4 aromatic carbocycles. The van der Waals surface area contributed by atoms with Crippen molar-refractivity contribution in [3.8, 4) is 0 Å². The van der Waals surface area contributed by atoms with Gasteiger partial charge < -0.3 is 20.3 Å². The number of rotatable bonds is 13. The molecule has 0 aromatic heterocycles. The van der Waals surface area contributed by atoms with E-state index in [0.29, 0.717) is 13.1 Å². The van der Waals surface area contributed by atoms with Gasteiger partial charge in [0.15, 0.2) is 0 Å². The number of ether oxygens (including phenoxy) is 1. The van der Waals surface area contributed by atoms with Crippen LogP contribution in [0.1, 0.15) is 82.7 Å². The molecule has 4 aromatic rings. The van der Waals surface area contributed by atoms with E-state index in [4.69, 9.17) is 4.74 Å². The Bertz CT molecular complexity index is 1550. The van der Waals surface area contributed by atoms with E-state index in [9.17, 15) is 9.59 Å². The van der Waals surface area contributed by atoms with Gasteiger partial charge >= 0.3 is 6.09 Å². The largest absolute Gasteiger partial charge is 0.444 e. The summed E-state index contributed by atoms with van der Waals surface area (Å²) in [5.74, 6) is 0.0705. The van der Waals surface area contributed by atoms with Crippen LogP contribution < -0.4 is 10.6 Å². The lowest BCUT2D eigenvalue weighted by Gasteiger charge is -2.37. The molecular weight excluding hydrogens is 639 g/mol. The summed E-state index contributed by atoms with van der Waals surface area (Å²) in [4.78, 5) is 29.5. The monoisotopic (exact) mass is 691 g/mol. The topological polar surface area (TPSA) is 70.7 Å². The molecule has 6 nitrogen and oxygen atoms in total. The van der Waals surface area contributed by atoms with Crippen molar-refractivity contribution in [3.05, 3.63) is 144 Å². The third kappa shape index (κ3) is 8.98. The van der Waals surface area contributed by atoms with E-state index in [1.807, 2.05) is 74.7 Å². The van der Waals surface area contributed by atoms with Crippen molar-refractivity contribution in [2.45, 2.75) is 88.1 Å².